The number of hydrogen-bond donors (Lipinski definition) is 2. The summed E-state index contributed by atoms with van der Waals surface area (Å²) < 4.78 is 1.92. The van der Waals surface area contributed by atoms with Crippen LogP contribution in [0.1, 0.15) is 34.2 Å². The summed E-state index contributed by atoms with van der Waals surface area (Å²) in [5.41, 5.74) is 5.33. The van der Waals surface area contributed by atoms with Crippen LogP contribution in [0.2, 0.25) is 0 Å². The molecule has 4 aromatic rings. The number of imidazole rings is 1. The third kappa shape index (κ3) is 5.29. The number of amides is 2. The summed E-state index contributed by atoms with van der Waals surface area (Å²) in [5, 5.41) is 5.94. The van der Waals surface area contributed by atoms with E-state index in [-0.39, 0.29) is 18.4 Å². The van der Waals surface area contributed by atoms with Gasteiger partial charge < -0.3 is 15.2 Å². The molecule has 1 aromatic heterocycles. The lowest BCUT2D eigenvalue weighted by Gasteiger charge is -2.11. The number of hydrogen-bond acceptors (Lipinski definition) is 3. The lowest BCUT2D eigenvalue weighted by atomic mass is 10.1. The molecule has 0 saturated carbocycles. The molecule has 2 amide bonds. The van der Waals surface area contributed by atoms with Crippen LogP contribution in [0.4, 0.5) is 5.69 Å². The molecule has 6 nitrogen and oxygen atoms in total. The van der Waals surface area contributed by atoms with Gasteiger partial charge in [0.1, 0.15) is 12.4 Å². The van der Waals surface area contributed by atoms with Gasteiger partial charge in [-0.2, -0.15) is 0 Å². The van der Waals surface area contributed by atoms with Crippen molar-refractivity contribution in [2.75, 3.05) is 11.9 Å². The normalized spacial score (nSPS) is 10.8. The maximum absolute atomic E-state index is 12.8. The Morgan fingerprint density at radius 3 is 2.42 bits per heavy atom. The fraction of sp³-hybridized carbons (Fsp3) is 0.222. The van der Waals surface area contributed by atoms with Gasteiger partial charge in [-0.25, -0.2) is 4.98 Å². The highest BCUT2D eigenvalue weighted by atomic mass is 16.2. The molecule has 0 bridgehead atoms. The van der Waals surface area contributed by atoms with Crippen molar-refractivity contribution < 1.29 is 9.59 Å². The zero-order valence-electron chi connectivity index (χ0n) is 19.0. The largest absolute Gasteiger partial charge is 0.352 e. The number of aromatic nitrogens is 2. The van der Waals surface area contributed by atoms with E-state index in [1.54, 1.807) is 0 Å². The summed E-state index contributed by atoms with van der Waals surface area (Å²) in [6.45, 7) is 4.60. The van der Waals surface area contributed by atoms with Gasteiger partial charge in [0.25, 0.3) is 5.91 Å². The fourth-order valence-corrected chi connectivity index (χ4v) is 3.87. The Kier molecular flexibility index (Phi) is 6.83. The predicted molar refractivity (Wildman–Crippen MR) is 131 cm³/mol. The third-order valence-electron chi connectivity index (χ3n) is 5.71. The monoisotopic (exact) mass is 440 g/mol. The molecule has 0 atom stereocenters. The van der Waals surface area contributed by atoms with Gasteiger partial charge in [-0.05, 0) is 54.8 Å². The second kappa shape index (κ2) is 10.1. The number of rotatable bonds is 8. The number of para-hydroxylation sites is 2. The van der Waals surface area contributed by atoms with Crippen LogP contribution in [-0.4, -0.2) is 27.9 Å². The average molecular weight is 441 g/mol. The van der Waals surface area contributed by atoms with Gasteiger partial charge in [0, 0.05) is 24.2 Å². The minimum atomic E-state index is -0.118. The molecule has 0 spiro atoms. The van der Waals surface area contributed by atoms with Crippen LogP contribution in [0.5, 0.6) is 0 Å². The van der Waals surface area contributed by atoms with E-state index in [2.05, 4.69) is 17.6 Å². The zero-order chi connectivity index (χ0) is 23.2. The number of nitrogens with zero attached hydrogens (tertiary/aromatic N) is 2. The number of anilines is 1. The van der Waals surface area contributed by atoms with Crippen LogP contribution in [0.15, 0.2) is 72.8 Å². The molecule has 1 heterocycles. The highest BCUT2D eigenvalue weighted by molar-refractivity contribution is 5.95. The number of benzene rings is 3. The standard InChI is InChI=1S/C27H28N4O2/c1-3-20-12-14-21(15-13-20)29-26(32)18-31-24-11-7-6-10-23(24)30-25(31)16-17-28-27(33)22-9-5-4-8-19(22)2/h4-15H,3,16-18H2,1-2H3,(H,28,33)(H,29,32). The van der Waals surface area contributed by atoms with Crippen molar-refractivity contribution >= 4 is 28.5 Å². The lowest BCUT2D eigenvalue weighted by Crippen LogP contribution is -2.27. The average Bonchev–Trinajstić information content (AvgIpc) is 3.17. The highest BCUT2D eigenvalue weighted by Crippen LogP contribution is 2.17. The first kappa shape index (κ1) is 22.3. The van der Waals surface area contributed by atoms with Crippen molar-refractivity contribution in [3.05, 3.63) is 95.3 Å². The molecule has 0 aliphatic rings. The van der Waals surface area contributed by atoms with Gasteiger partial charge in [-0.1, -0.05) is 49.4 Å². The lowest BCUT2D eigenvalue weighted by molar-refractivity contribution is -0.116. The second-order valence-corrected chi connectivity index (χ2v) is 8.02. The third-order valence-corrected chi connectivity index (χ3v) is 5.71. The maximum Gasteiger partial charge on any atom is 0.251 e. The minimum absolute atomic E-state index is 0.107. The topological polar surface area (TPSA) is 76.0 Å². The van der Waals surface area contributed by atoms with Crippen LogP contribution >= 0.6 is 0 Å². The molecular weight excluding hydrogens is 412 g/mol. The quantitative estimate of drug-likeness (QED) is 0.423. The van der Waals surface area contributed by atoms with Crippen molar-refractivity contribution in [1.82, 2.24) is 14.9 Å². The van der Waals surface area contributed by atoms with Gasteiger partial charge in [0.2, 0.25) is 5.91 Å². The number of carbonyl (C=O) groups is 2. The van der Waals surface area contributed by atoms with Gasteiger partial charge >= 0.3 is 0 Å². The summed E-state index contributed by atoms with van der Waals surface area (Å²) in [6.07, 6.45) is 1.48. The van der Waals surface area contributed by atoms with Crippen LogP contribution in [0.3, 0.4) is 0 Å². The van der Waals surface area contributed by atoms with E-state index < -0.39 is 0 Å². The molecule has 3 aromatic carbocycles. The Bertz CT molecular complexity index is 1280. The maximum atomic E-state index is 12.8. The van der Waals surface area contributed by atoms with Gasteiger partial charge in [0.05, 0.1) is 11.0 Å². The minimum Gasteiger partial charge on any atom is -0.352 e. The van der Waals surface area contributed by atoms with Gasteiger partial charge in [0.15, 0.2) is 0 Å². The first-order valence-corrected chi connectivity index (χ1v) is 11.2. The number of nitrogens with one attached hydrogen (secondary N) is 2. The van der Waals surface area contributed by atoms with Crippen molar-refractivity contribution in [2.45, 2.75) is 33.2 Å². The first-order valence-electron chi connectivity index (χ1n) is 11.2. The molecule has 6 heteroatoms. The van der Waals surface area contributed by atoms with Crippen molar-refractivity contribution in [1.29, 1.82) is 0 Å². The van der Waals surface area contributed by atoms with Crippen LogP contribution in [-0.2, 0) is 24.2 Å². The molecule has 0 aliphatic carbocycles. The molecule has 0 fully saturated rings. The van der Waals surface area contributed by atoms with Crippen molar-refractivity contribution in [3.63, 3.8) is 0 Å². The van der Waals surface area contributed by atoms with Crippen molar-refractivity contribution in [3.8, 4) is 0 Å². The first-order chi connectivity index (χ1) is 16.0. The molecule has 2 N–H and O–H groups in total. The van der Waals surface area contributed by atoms with E-state index in [1.807, 2.05) is 84.3 Å². The Hall–Kier alpha value is -3.93. The molecule has 0 aliphatic heterocycles. The second-order valence-electron chi connectivity index (χ2n) is 8.02. The summed E-state index contributed by atoms with van der Waals surface area (Å²) in [5.74, 6) is 0.536. The summed E-state index contributed by atoms with van der Waals surface area (Å²) in [4.78, 5) is 30.1. The number of aryl methyl sites for hydroxylation is 2. The van der Waals surface area contributed by atoms with E-state index in [0.29, 0.717) is 18.5 Å². The summed E-state index contributed by atoms with van der Waals surface area (Å²) >= 11 is 0. The highest BCUT2D eigenvalue weighted by Gasteiger charge is 2.15. The Labute approximate surface area is 193 Å². The Balaban J connectivity index is 1.46. The molecule has 0 saturated heterocycles. The fourth-order valence-electron chi connectivity index (χ4n) is 3.87. The Morgan fingerprint density at radius 2 is 1.67 bits per heavy atom. The summed E-state index contributed by atoms with van der Waals surface area (Å²) in [7, 11) is 0. The zero-order valence-corrected chi connectivity index (χ0v) is 19.0. The van der Waals surface area contributed by atoms with E-state index in [4.69, 9.17) is 4.98 Å². The Morgan fingerprint density at radius 1 is 0.939 bits per heavy atom. The predicted octanol–water partition coefficient (Wildman–Crippen LogP) is 4.52. The number of fused-ring (bicyclic) bond motifs is 1. The van der Waals surface area contributed by atoms with E-state index in [0.717, 1.165) is 34.5 Å². The number of carbonyl (C=O) groups excluding carboxylic acids is 2. The van der Waals surface area contributed by atoms with Crippen molar-refractivity contribution in [2.24, 2.45) is 0 Å². The SMILES string of the molecule is CCc1ccc(NC(=O)Cn2c(CCNC(=O)c3ccccc3C)nc3ccccc32)cc1. The summed E-state index contributed by atoms with van der Waals surface area (Å²) in [6, 6.07) is 23.1. The van der Waals surface area contributed by atoms with E-state index >= 15 is 0 Å². The van der Waals surface area contributed by atoms with Crippen LogP contribution in [0.25, 0.3) is 11.0 Å². The van der Waals surface area contributed by atoms with Gasteiger partial charge in [-0.3, -0.25) is 9.59 Å². The molecule has 168 valence electrons. The van der Waals surface area contributed by atoms with E-state index in [1.165, 1.54) is 5.56 Å². The molecule has 33 heavy (non-hydrogen) atoms. The van der Waals surface area contributed by atoms with Crippen LogP contribution in [0, 0.1) is 6.92 Å². The van der Waals surface area contributed by atoms with E-state index in [9.17, 15) is 9.59 Å². The molecule has 0 radical (unpaired) electrons. The molecule has 4 rings (SSSR count). The molecule has 0 unspecified atom stereocenters. The van der Waals surface area contributed by atoms with Gasteiger partial charge in [-0.15, -0.1) is 0 Å². The molecular formula is C27H28N4O2. The van der Waals surface area contributed by atoms with Crippen LogP contribution < -0.4 is 10.6 Å². The smallest absolute Gasteiger partial charge is 0.251 e.